The van der Waals surface area contributed by atoms with Crippen molar-refractivity contribution in [1.29, 1.82) is 0 Å². The number of thiazole rings is 1. The molecule has 2 heterocycles. The Hall–Kier alpha value is -1.58. The van der Waals surface area contributed by atoms with Crippen LogP contribution in [0.5, 0.6) is 0 Å². The molecule has 2 aromatic rings. The zero-order chi connectivity index (χ0) is 18.5. The van der Waals surface area contributed by atoms with Crippen LogP contribution in [0.1, 0.15) is 15.5 Å². The second-order valence-electron chi connectivity index (χ2n) is 5.86. The number of halogens is 3. The van der Waals surface area contributed by atoms with Crippen molar-refractivity contribution >= 4 is 65.3 Å². The minimum Gasteiger partial charge on any atom is -0.368 e. The zero-order valence-corrected chi connectivity index (χ0v) is 18.2. The predicted molar refractivity (Wildman–Crippen MR) is 117 cm³/mol. The molecule has 3 rings (SSSR count). The second kappa shape index (κ2) is 11.4. The lowest BCUT2D eigenvalue weighted by molar-refractivity contribution is -0.130. The summed E-state index contributed by atoms with van der Waals surface area (Å²) in [5.74, 6) is -0.447. The predicted octanol–water partition coefficient (Wildman–Crippen LogP) is 2.18. The van der Waals surface area contributed by atoms with Crippen LogP contribution in [0.15, 0.2) is 29.6 Å². The van der Waals surface area contributed by atoms with Gasteiger partial charge in [-0.3, -0.25) is 9.59 Å². The fourth-order valence-corrected chi connectivity index (χ4v) is 3.51. The molecule has 1 aliphatic heterocycles. The number of amides is 2. The monoisotopic (exact) mass is 465 g/mol. The summed E-state index contributed by atoms with van der Waals surface area (Å²) >= 11 is 7.25. The Labute approximate surface area is 185 Å². The molecule has 0 aliphatic carbocycles. The zero-order valence-electron chi connectivity index (χ0n) is 15.0. The van der Waals surface area contributed by atoms with Crippen LogP contribution in [0.3, 0.4) is 0 Å². The lowest BCUT2D eigenvalue weighted by Crippen LogP contribution is -2.51. The molecule has 0 unspecified atom stereocenters. The van der Waals surface area contributed by atoms with Crippen LogP contribution in [0.4, 0.5) is 5.69 Å². The van der Waals surface area contributed by atoms with Crippen molar-refractivity contribution in [3.8, 4) is 0 Å². The van der Waals surface area contributed by atoms with Gasteiger partial charge in [0, 0.05) is 48.8 Å². The third-order valence-electron chi connectivity index (χ3n) is 4.18. The molecule has 154 valence electrons. The number of nitrogens with two attached hydrogens (primary N) is 1. The molecule has 0 radical (unpaired) electrons. The Morgan fingerprint density at radius 3 is 2.36 bits per heavy atom. The highest BCUT2D eigenvalue weighted by atomic mass is 35.5. The first-order valence-corrected chi connectivity index (χ1v) is 9.53. The molecule has 1 aliphatic rings. The van der Waals surface area contributed by atoms with Crippen molar-refractivity contribution in [2.45, 2.75) is 6.54 Å². The summed E-state index contributed by atoms with van der Waals surface area (Å²) in [6.45, 7) is 2.99. The summed E-state index contributed by atoms with van der Waals surface area (Å²) in [6, 6.07) is 7.67. The Morgan fingerprint density at radius 1 is 1.14 bits per heavy atom. The average molecular weight is 467 g/mol. The number of anilines is 1. The van der Waals surface area contributed by atoms with Crippen LogP contribution in [-0.2, 0) is 11.3 Å². The largest absolute Gasteiger partial charge is 0.368 e. The molecule has 1 aromatic carbocycles. The van der Waals surface area contributed by atoms with E-state index in [1.54, 1.807) is 10.3 Å². The first-order chi connectivity index (χ1) is 12.6. The minimum atomic E-state index is -0.353. The van der Waals surface area contributed by atoms with Crippen molar-refractivity contribution in [2.75, 3.05) is 37.6 Å². The Kier molecular flexibility index (Phi) is 9.98. The van der Waals surface area contributed by atoms with E-state index in [0.29, 0.717) is 35.4 Å². The number of aromatic nitrogens is 1. The van der Waals surface area contributed by atoms with Gasteiger partial charge in [-0.2, -0.15) is 0 Å². The molecule has 3 N–H and O–H groups in total. The van der Waals surface area contributed by atoms with E-state index in [4.69, 9.17) is 17.3 Å². The summed E-state index contributed by atoms with van der Waals surface area (Å²) in [6.07, 6.45) is 0. The van der Waals surface area contributed by atoms with E-state index in [1.165, 1.54) is 11.3 Å². The summed E-state index contributed by atoms with van der Waals surface area (Å²) in [5.41, 5.74) is 6.88. The van der Waals surface area contributed by atoms with Gasteiger partial charge in [-0.25, -0.2) is 4.98 Å². The standard InChI is InChI=1S/C17H20ClN5O2S.2ClH/c18-12-1-3-13(4-2-12)22-5-7-23(8-6-22)16(24)10-20-17(25)14-11-26-15(9-19)21-14;;/h1-4,11H,5-10,19H2,(H,20,25);2*1H. The van der Waals surface area contributed by atoms with Crippen LogP contribution < -0.4 is 16.0 Å². The Morgan fingerprint density at radius 2 is 1.79 bits per heavy atom. The highest BCUT2D eigenvalue weighted by Crippen LogP contribution is 2.19. The molecular formula is C17H22Cl3N5O2S. The number of carbonyl (C=O) groups is 2. The average Bonchev–Trinajstić information content (AvgIpc) is 3.16. The third-order valence-corrected chi connectivity index (χ3v) is 5.31. The molecule has 0 atom stereocenters. The molecular weight excluding hydrogens is 445 g/mol. The van der Waals surface area contributed by atoms with Crippen molar-refractivity contribution in [3.05, 3.63) is 45.4 Å². The molecule has 1 saturated heterocycles. The minimum absolute atomic E-state index is 0. The first-order valence-electron chi connectivity index (χ1n) is 8.28. The van der Waals surface area contributed by atoms with Gasteiger partial charge >= 0.3 is 0 Å². The number of nitrogens with one attached hydrogen (secondary N) is 1. The normalized spacial score (nSPS) is 13.4. The molecule has 1 aromatic heterocycles. The van der Waals surface area contributed by atoms with Gasteiger partial charge in [0.25, 0.3) is 5.91 Å². The number of carbonyl (C=O) groups excluding carboxylic acids is 2. The quantitative estimate of drug-likeness (QED) is 0.705. The van der Waals surface area contributed by atoms with Gasteiger partial charge < -0.3 is 20.9 Å². The number of hydrogen-bond donors (Lipinski definition) is 2. The number of hydrogen-bond acceptors (Lipinski definition) is 6. The number of benzene rings is 1. The molecule has 11 heteroatoms. The smallest absolute Gasteiger partial charge is 0.271 e. The molecule has 0 bridgehead atoms. The van der Waals surface area contributed by atoms with Crippen molar-refractivity contribution in [2.24, 2.45) is 5.73 Å². The molecule has 7 nitrogen and oxygen atoms in total. The number of nitrogens with zero attached hydrogens (tertiary/aromatic N) is 3. The molecule has 1 fully saturated rings. The van der Waals surface area contributed by atoms with E-state index in [1.807, 2.05) is 24.3 Å². The number of rotatable bonds is 5. The van der Waals surface area contributed by atoms with Gasteiger partial charge in [0.1, 0.15) is 10.7 Å². The Bertz CT molecular complexity index is 779. The van der Waals surface area contributed by atoms with Crippen molar-refractivity contribution in [3.63, 3.8) is 0 Å². The SMILES string of the molecule is Cl.Cl.NCc1nc(C(=O)NCC(=O)N2CCN(c3ccc(Cl)cc3)CC2)cs1. The van der Waals surface area contributed by atoms with Crippen LogP contribution in [-0.4, -0.2) is 54.4 Å². The van der Waals surface area contributed by atoms with Gasteiger partial charge in [-0.1, -0.05) is 11.6 Å². The molecule has 0 saturated carbocycles. The van der Waals surface area contributed by atoms with E-state index < -0.39 is 0 Å². The van der Waals surface area contributed by atoms with E-state index in [0.717, 1.165) is 18.8 Å². The van der Waals surface area contributed by atoms with Crippen LogP contribution in [0.2, 0.25) is 5.02 Å². The molecule has 0 spiro atoms. The molecule has 2 amide bonds. The fraction of sp³-hybridized carbons (Fsp3) is 0.353. The summed E-state index contributed by atoms with van der Waals surface area (Å²) in [7, 11) is 0. The van der Waals surface area contributed by atoms with Crippen molar-refractivity contribution < 1.29 is 9.59 Å². The lowest BCUT2D eigenvalue weighted by Gasteiger charge is -2.36. The maximum atomic E-state index is 12.3. The molecule has 28 heavy (non-hydrogen) atoms. The van der Waals surface area contributed by atoms with E-state index in [-0.39, 0.29) is 43.2 Å². The highest BCUT2D eigenvalue weighted by Gasteiger charge is 2.22. The maximum absolute atomic E-state index is 12.3. The van der Waals surface area contributed by atoms with Gasteiger partial charge in [0.15, 0.2) is 0 Å². The lowest BCUT2D eigenvalue weighted by atomic mass is 10.2. The maximum Gasteiger partial charge on any atom is 0.271 e. The Balaban J connectivity index is 0.00000196. The first kappa shape index (κ1) is 24.5. The van der Waals surface area contributed by atoms with Gasteiger partial charge in [0.2, 0.25) is 5.91 Å². The van der Waals surface area contributed by atoms with Crippen molar-refractivity contribution in [1.82, 2.24) is 15.2 Å². The summed E-state index contributed by atoms with van der Waals surface area (Å²) < 4.78 is 0. The van der Waals surface area contributed by atoms with E-state index in [9.17, 15) is 9.59 Å². The summed E-state index contributed by atoms with van der Waals surface area (Å²) in [5, 5.41) is 5.67. The number of piperazine rings is 1. The third kappa shape index (κ3) is 6.22. The van der Waals surface area contributed by atoms with Gasteiger partial charge in [-0.05, 0) is 24.3 Å². The van der Waals surface area contributed by atoms with Crippen LogP contribution in [0, 0.1) is 0 Å². The summed E-state index contributed by atoms with van der Waals surface area (Å²) in [4.78, 5) is 32.4. The second-order valence-corrected chi connectivity index (χ2v) is 7.24. The van der Waals surface area contributed by atoms with Gasteiger partial charge in [-0.15, -0.1) is 36.2 Å². The fourth-order valence-electron chi connectivity index (χ4n) is 2.73. The highest BCUT2D eigenvalue weighted by molar-refractivity contribution is 7.09. The van der Waals surface area contributed by atoms with E-state index >= 15 is 0 Å². The van der Waals surface area contributed by atoms with Gasteiger partial charge in [0.05, 0.1) is 6.54 Å². The van der Waals surface area contributed by atoms with Crippen LogP contribution >= 0.6 is 47.8 Å². The topological polar surface area (TPSA) is 91.6 Å². The van der Waals surface area contributed by atoms with E-state index in [2.05, 4.69) is 15.2 Å². The van der Waals surface area contributed by atoms with Crippen LogP contribution in [0.25, 0.3) is 0 Å².